The minimum atomic E-state index is -0.549. The van der Waals surface area contributed by atoms with Crippen LogP contribution in [0.3, 0.4) is 0 Å². The van der Waals surface area contributed by atoms with E-state index in [1.54, 1.807) is 0 Å². The van der Waals surface area contributed by atoms with Crippen molar-refractivity contribution in [3.63, 3.8) is 0 Å². The zero-order chi connectivity index (χ0) is 31.3. The fourth-order valence-corrected chi connectivity index (χ4v) is 7.16. The highest BCUT2D eigenvalue weighted by atomic mass is 16.6. The van der Waals surface area contributed by atoms with E-state index in [0.29, 0.717) is 13.2 Å². The molecule has 0 bridgehead atoms. The fraction of sp³-hybridized carbons (Fsp3) is 0.317. The van der Waals surface area contributed by atoms with Crippen molar-refractivity contribution in [1.82, 2.24) is 0 Å². The molecule has 45 heavy (non-hydrogen) atoms. The van der Waals surface area contributed by atoms with Gasteiger partial charge in [0.15, 0.2) is 0 Å². The molecule has 4 aromatic rings. The average Bonchev–Trinajstić information content (AvgIpc) is 3.94. The second-order valence-electron chi connectivity index (χ2n) is 13.2. The topological polar surface area (TPSA) is 43.5 Å². The summed E-state index contributed by atoms with van der Waals surface area (Å²) in [6, 6.07) is 27.2. The van der Waals surface area contributed by atoms with Crippen LogP contribution in [-0.2, 0) is 27.7 Å². The summed E-state index contributed by atoms with van der Waals surface area (Å²) >= 11 is 0. The van der Waals surface area contributed by atoms with Gasteiger partial charge in [0, 0.05) is 0 Å². The van der Waals surface area contributed by atoms with Gasteiger partial charge in [-0.15, -0.1) is 0 Å². The van der Waals surface area contributed by atoms with E-state index in [4.69, 9.17) is 18.9 Å². The largest absolute Gasteiger partial charge is 0.490 e. The number of hydrogen-bond acceptors (Lipinski definition) is 4. The van der Waals surface area contributed by atoms with E-state index in [2.05, 4.69) is 114 Å². The third-order valence-electron chi connectivity index (χ3n) is 9.14. The molecule has 2 saturated heterocycles. The Morgan fingerprint density at radius 2 is 1.09 bits per heavy atom. The Kier molecular flexibility index (Phi) is 7.67. The molecule has 4 nitrogen and oxygen atoms in total. The molecule has 0 spiro atoms. The van der Waals surface area contributed by atoms with Crippen LogP contribution in [0.5, 0.6) is 11.5 Å². The zero-order valence-electron chi connectivity index (χ0n) is 26.9. The number of rotatable bonds is 12. The zero-order valence-corrected chi connectivity index (χ0v) is 26.9. The normalized spacial score (nSPS) is 18.6. The van der Waals surface area contributed by atoms with E-state index in [9.17, 15) is 0 Å². The van der Waals surface area contributed by atoms with Gasteiger partial charge in [-0.25, -0.2) is 0 Å². The Hall–Kier alpha value is -4.12. The number of hydrogen-bond donors (Lipinski definition) is 0. The second kappa shape index (κ2) is 11.7. The van der Waals surface area contributed by atoms with E-state index in [1.165, 1.54) is 33.4 Å². The summed E-state index contributed by atoms with van der Waals surface area (Å²) < 4.78 is 23.8. The molecule has 0 amide bonds. The predicted molar refractivity (Wildman–Crippen MR) is 181 cm³/mol. The Bertz CT molecular complexity index is 1670. The number of aryl methyl sites for hydroxylation is 2. The summed E-state index contributed by atoms with van der Waals surface area (Å²) in [5, 5.41) is 0. The van der Waals surface area contributed by atoms with Gasteiger partial charge in [0.25, 0.3) is 0 Å². The Morgan fingerprint density at radius 1 is 0.689 bits per heavy atom. The van der Waals surface area contributed by atoms with Crippen molar-refractivity contribution in [1.29, 1.82) is 0 Å². The van der Waals surface area contributed by atoms with Crippen LogP contribution >= 0.6 is 0 Å². The van der Waals surface area contributed by atoms with Crippen molar-refractivity contribution in [2.24, 2.45) is 0 Å². The van der Waals surface area contributed by atoms with E-state index in [-0.39, 0.29) is 12.2 Å². The van der Waals surface area contributed by atoms with Gasteiger partial charge in [-0.3, -0.25) is 0 Å². The van der Waals surface area contributed by atoms with Crippen molar-refractivity contribution < 1.29 is 18.9 Å². The fourth-order valence-electron chi connectivity index (χ4n) is 7.16. The maximum Gasteiger partial charge on any atom is 0.125 e. The van der Waals surface area contributed by atoms with Crippen molar-refractivity contribution >= 4 is 0 Å². The summed E-state index contributed by atoms with van der Waals surface area (Å²) in [6.07, 6.45) is 1.85. The quantitative estimate of drug-likeness (QED) is 0.107. The van der Waals surface area contributed by atoms with Crippen LogP contribution < -0.4 is 9.47 Å². The Morgan fingerprint density at radius 3 is 1.47 bits per heavy atom. The van der Waals surface area contributed by atoms with Gasteiger partial charge in [-0.2, -0.15) is 0 Å². The van der Waals surface area contributed by atoms with E-state index < -0.39 is 5.41 Å². The van der Waals surface area contributed by atoms with Crippen LogP contribution in [0, 0.1) is 13.8 Å². The molecule has 0 radical (unpaired) electrons. The average molecular weight is 599 g/mol. The van der Waals surface area contributed by atoms with Gasteiger partial charge in [-0.05, 0) is 96.2 Å². The van der Waals surface area contributed by atoms with Gasteiger partial charge in [0.05, 0.1) is 18.6 Å². The molecule has 2 atom stereocenters. The number of ether oxygens (including phenoxy) is 4. The number of allylic oxidation sites excluding steroid dienone is 2. The lowest BCUT2D eigenvalue weighted by Gasteiger charge is -2.36. The van der Waals surface area contributed by atoms with Crippen LogP contribution in [-0.4, -0.2) is 38.6 Å². The highest BCUT2D eigenvalue weighted by Gasteiger charge is 2.47. The van der Waals surface area contributed by atoms with Crippen molar-refractivity contribution in [2.45, 2.75) is 58.2 Å². The first-order valence-electron chi connectivity index (χ1n) is 16.0. The molecule has 2 aliphatic heterocycles. The Balaban J connectivity index is 1.50. The minimum absolute atomic E-state index is 0.184. The molecule has 2 fully saturated rings. The van der Waals surface area contributed by atoms with Gasteiger partial charge in [0.2, 0.25) is 0 Å². The van der Waals surface area contributed by atoms with Gasteiger partial charge < -0.3 is 18.9 Å². The van der Waals surface area contributed by atoms with Crippen LogP contribution in [0.25, 0.3) is 11.1 Å². The lowest BCUT2D eigenvalue weighted by atomic mass is 9.66. The summed E-state index contributed by atoms with van der Waals surface area (Å²) in [6.45, 7) is 19.8. The molecule has 2 heterocycles. The molecular formula is C41H42O4. The molecule has 2 unspecified atom stereocenters. The maximum atomic E-state index is 6.43. The van der Waals surface area contributed by atoms with Crippen LogP contribution in [0.15, 0.2) is 97.1 Å². The third-order valence-corrected chi connectivity index (χ3v) is 9.14. The van der Waals surface area contributed by atoms with Gasteiger partial charge >= 0.3 is 0 Å². The maximum absolute atomic E-state index is 6.43. The van der Waals surface area contributed by atoms with Crippen molar-refractivity contribution in [2.75, 3.05) is 26.4 Å². The molecule has 4 aromatic carbocycles. The molecule has 230 valence electrons. The summed E-state index contributed by atoms with van der Waals surface area (Å²) in [5.41, 5.74) is 13.8. The lowest BCUT2D eigenvalue weighted by molar-refractivity contribution is 0.260. The van der Waals surface area contributed by atoms with E-state index >= 15 is 0 Å². The summed E-state index contributed by atoms with van der Waals surface area (Å²) in [4.78, 5) is 0. The van der Waals surface area contributed by atoms with E-state index in [0.717, 1.165) is 71.0 Å². The number of epoxide rings is 2. The number of benzene rings is 4. The van der Waals surface area contributed by atoms with Crippen molar-refractivity contribution in [3.05, 3.63) is 142 Å². The first-order chi connectivity index (χ1) is 21.8. The predicted octanol–water partition coefficient (Wildman–Crippen LogP) is 8.46. The van der Waals surface area contributed by atoms with Crippen LogP contribution in [0.4, 0.5) is 0 Å². The third kappa shape index (κ3) is 5.51. The minimum Gasteiger partial charge on any atom is -0.490 e. The van der Waals surface area contributed by atoms with Crippen LogP contribution in [0.1, 0.15) is 58.4 Å². The standard InChI is InChI=1S/C41H42O4/c1-25(2)15-29-19-31(17-27(5)39(29)44-23-33-21-42-33)41(37-13-9-7-11-35(37)36-12-8-10-14-38(36)41)32-18-28(6)40(45-24-34-22-43-34)30(20-32)16-26(3)4/h7-14,17-20,33-34H,1,3,15-16,21-24H2,2,4-6H3. The molecule has 0 N–H and O–H groups in total. The summed E-state index contributed by atoms with van der Waals surface area (Å²) in [7, 11) is 0. The SMILES string of the molecule is C=C(C)Cc1cc(C2(c3cc(C)c(OCC4CO4)c(CC(=C)C)c3)c3ccccc3-c3ccccc32)cc(C)c1OCC1CO1. The molecular weight excluding hydrogens is 556 g/mol. The first-order valence-corrected chi connectivity index (χ1v) is 16.0. The highest BCUT2D eigenvalue weighted by Crippen LogP contribution is 2.57. The summed E-state index contributed by atoms with van der Waals surface area (Å²) in [5.74, 6) is 1.88. The molecule has 0 aromatic heterocycles. The van der Waals surface area contributed by atoms with Gasteiger partial charge in [0.1, 0.15) is 36.9 Å². The van der Waals surface area contributed by atoms with Crippen LogP contribution in [0.2, 0.25) is 0 Å². The second-order valence-corrected chi connectivity index (χ2v) is 13.2. The molecule has 4 heteroatoms. The first kappa shape index (κ1) is 29.6. The monoisotopic (exact) mass is 598 g/mol. The highest BCUT2D eigenvalue weighted by molar-refractivity contribution is 5.86. The molecule has 3 aliphatic rings. The molecule has 1 aliphatic carbocycles. The Labute approximate surface area is 267 Å². The van der Waals surface area contributed by atoms with Gasteiger partial charge in [-0.1, -0.05) is 97.1 Å². The smallest absolute Gasteiger partial charge is 0.125 e. The molecule has 0 saturated carbocycles. The van der Waals surface area contributed by atoms with E-state index in [1.807, 2.05) is 0 Å². The van der Waals surface area contributed by atoms with Crippen molar-refractivity contribution in [3.8, 4) is 22.6 Å². The molecule has 7 rings (SSSR count). The number of fused-ring (bicyclic) bond motifs is 3. The lowest BCUT2D eigenvalue weighted by Crippen LogP contribution is -2.29.